The molecule has 158 valence electrons. The minimum absolute atomic E-state index is 0.0169. The van der Waals surface area contributed by atoms with Crippen LogP contribution in [-0.2, 0) is 14.8 Å². The minimum atomic E-state index is -3.89. The maximum atomic E-state index is 13.0. The highest BCUT2D eigenvalue weighted by atomic mass is 35.5. The molecule has 0 aliphatic carbocycles. The molecule has 0 saturated carbocycles. The van der Waals surface area contributed by atoms with Crippen LogP contribution >= 0.6 is 11.6 Å². The SMILES string of the molecule is CCOc1ccc(S(=O)(=O)N(CC)CC(=O)Nc2c(C)cc(C)cc2C)cc1Cl. The zero-order valence-electron chi connectivity index (χ0n) is 17.4. The molecular formula is C21H27ClN2O4S. The second kappa shape index (κ2) is 9.61. The molecule has 8 heteroatoms. The van der Waals surface area contributed by atoms with Crippen molar-refractivity contribution in [2.24, 2.45) is 0 Å². The van der Waals surface area contributed by atoms with E-state index in [0.717, 1.165) is 21.0 Å². The fraction of sp³-hybridized carbons (Fsp3) is 0.381. The van der Waals surface area contributed by atoms with E-state index in [-0.39, 0.29) is 23.0 Å². The number of amides is 1. The average Bonchev–Trinajstić information content (AvgIpc) is 2.64. The molecule has 0 atom stereocenters. The van der Waals surface area contributed by atoms with Crippen molar-refractivity contribution < 1.29 is 17.9 Å². The van der Waals surface area contributed by atoms with Gasteiger partial charge in [0, 0.05) is 12.2 Å². The summed E-state index contributed by atoms with van der Waals surface area (Å²) in [5.74, 6) is 0.0155. The van der Waals surface area contributed by atoms with E-state index in [4.69, 9.17) is 16.3 Å². The molecule has 1 amide bonds. The monoisotopic (exact) mass is 438 g/mol. The molecule has 0 fully saturated rings. The summed E-state index contributed by atoms with van der Waals surface area (Å²) < 4.78 is 32.5. The summed E-state index contributed by atoms with van der Waals surface area (Å²) in [5.41, 5.74) is 3.67. The van der Waals surface area contributed by atoms with Gasteiger partial charge in [0.1, 0.15) is 5.75 Å². The van der Waals surface area contributed by atoms with Crippen molar-refractivity contribution >= 4 is 33.2 Å². The number of anilines is 1. The second-order valence-electron chi connectivity index (χ2n) is 6.78. The molecule has 0 bridgehead atoms. The summed E-state index contributed by atoms with van der Waals surface area (Å²) in [6, 6.07) is 8.24. The first kappa shape index (κ1) is 23.2. The molecular weight excluding hydrogens is 412 g/mol. The van der Waals surface area contributed by atoms with Crippen LogP contribution in [0.5, 0.6) is 5.75 Å². The molecule has 2 aromatic carbocycles. The predicted octanol–water partition coefficient (Wildman–Crippen LogP) is 4.31. The van der Waals surface area contributed by atoms with E-state index in [2.05, 4.69) is 5.32 Å². The number of aryl methyl sites for hydroxylation is 3. The fourth-order valence-electron chi connectivity index (χ4n) is 3.15. The average molecular weight is 439 g/mol. The number of likely N-dealkylation sites (N-methyl/N-ethyl adjacent to an activating group) is 1. The molecule has 0 aliphatic rings. The molecule has 1 N–H and O–H groups in total. The zero-order valence-corrected chi connectivity index (χ0v) is 18.9. The lowest BCUT2D eigenvalue weighted by Gasteiger charge is -2.21. The lowest BCUT2D eigenvalue weighted by molar-refractivity contribution is -0.116. The van der Waals surface area contributed by atoms with Crippen LogP contribution in [0, 0.1) is 20.8 Å². The number of hydrogen-bond acceptors (Lipinski definition) is 4. The van der Waals surface area contributed by atoms with Crippen LogP contribution < -0.4 is 10.1 Å². The van der Waals surface area contributed by atoms with Crippen molar-refractivity contribution in [3.63, 3.8) is 0 Å². The molecule has 2 aromatic rings. The van der Waals surface area contributed by atoms with Crippen molar-refractivity contribution in [1.29, 1.82) is 0 Å². The Hall–Kier alpha value is -2.09. The van der Waals surface area contributed by atoms with Gasteiger partial charge in [-0.2, -0.15) is 4.31 Å². The molecule has 0 spiro atoms. The number of nitrogens with one attached hydrogen (secondary N) is 1. The van der Waals surface area contributed by atoms with E-state index in [0.29, 0.717) is 18.0 Å². The quantitative estimate of drug-likeness (QED) is 0.666. The Kier molecular flexibility index (Phi) is 7.68. The number of halogens is 1. The smallest absolute Gasteiger partial charge is 0.243 e. The Balaban J connectivity index is 2.22. The normalized spacial score (nSPS) is 11.6. The van der Waals surface area contributed by atoms with E-state index in [9.17, 15) is 13.2 Å². The Morgan fingerprint density at radius 1 is 1.10 bits per heavy atom. The third-order valence-electron chi connectivity index (χ3n) is 4.46. The predicted molar refractivity (Wildman–Crippen MR) is 116 cm³/mol. The van der Waals surface area contributed by atoms with E-state index in [1.54, 1.807) is 6.92 Å². The van der Waals surface area contributed by atoms with Gasteiger partial charge in [0.15, 0.2) is 0 Å². The van der Waals surface area contributed by atoms with Gasteiger partial charge in [0.2, 0.25) is 15.9 Å². The van der Waals surface area contributed by atoms with Gasteiger partial charge in [-0.3, -0.25) is 4.79 Å². The van der Waals surface area contributed by atoms with Crippen molar-refractivity contribution in [2.75, 3.05) is 25.0 Å². The van der Waals surface area contributed by atoms with Gasteiger partial charge in [-0.25, -0.2) is 8.42 Å². The lowest BCUT2D eigenvalue weighted by Crippen LogP contribution is -2.38. The summed E-state index contributed by atoms with van der Waals surface area (Å²) in [6.07, 6.45) is 0. The summed E-state index contributed by atoms with van der Waals surface area (Å²) in [6.45, 7) is 9.57. The highest BCUT2D eigenvalue weighted by molar-refractivity contribution is 7.89. The first-order valence-corrected chi connectivity index (χ1v) is 11.2. The van der Waals surface area contributed by atoms with Crippen LogP contribution in [0.4, 0.5) is 5.69 Å². The highest BCUT2D eigenvalue weighted by Gasteiger charge is 2.26. The number of carbonyl (C=O) groups is 1. The summed E-state index contributed by atoms with van der Waals surface area (Å²) in [4.78, 5) is 12.6. The van der Waals surface area contributed by atoms with E-state index >= 15 is 0 Å². The Morgan fingerprint density at radius 3 is 2.24 bits per heavy atom. The number of rotatable bonds is 8. The molecule has 0 aliphatic heterocycles. The van der Waals surface area contributed by atoms with Gasteiger partial charge in [-0.15, -0.1) is 0 Å². The molecule has 29 heavy (non-hydrogen) atoms. The number of benzene rings is 2. The summed E-state index contributed by atoms with van der Waals surface area (Å²) in [5, 5.41) is 3.05. The first-order valence-electron chi connectivity index (χ1n) is 9.40. The van der Waals surface area contributed by atoms with Gasteiger partial charge in [0.25, 0.3) is 0 Å². The van der Waals surface area contributed by atoms with Gasteiger partial charge in [-0.1, -0.05) is 36.2 Å². The maximum absolute atomic E-state index is 13.0. The first-order chi connectivity index (χ1) is 13.6. The Labute approximate surface area is 177 Å². The van der Waals surface area contributed by atoms with Crippen molar-refractivity contribution in [2.45, 2.75) is 39.5 Å². The molecule has 0 radical (unpaired) electrons. The van der Waals surface area contributed by atoms with Gasteiger partial charge < -0.3 is 10.1 Å². The number of nitrogens with zero attached hydrogens (tertiary/aromatic N) is 1. The number of carbonyl (C=O) groups excluding carboxylic acids is 1. The van der Waals surface area contributed by atoms with Crippen molar-refractivity contribution in [3.8, 4) is 5.75 Å². The molecule has 0 heterocycles. The summed E-state index contributed by atoms with van der Waals surface area (Å²) >= 11 is 6.14. The van der Waals surface area contributed by atoms with E-state index < -0.39 is 15.9 Å². The zero-order chi connectivity index (χ0) is 21.8. The third kappa shape index (κ3) is 5.50. The van der Waals surface area contributed by atoms with Crippen LogP contribution in [0.25, 0.3) is 0 Å². The van der Waals surface area contributed by atoms with E-state index in [1.165, 1.54) is 18.2 Å². The van der Waals surface area contributed by atoms with Crippen LogP contribution in [0.15, 0.2) is 35.2 Å². The van der Waals surface area contributed by atoms with Gasteiger partial charge >= 0.3 is 0 Å². The van der Waals surface area contributed by atoms with E-state index in [1.807, 2.05) is 39.8 Å². The molecule has 2 rings (SSSR count). The molecule has 0 unspecified atom stereocenters. The second-order valence-corrected chi connectivity index (χ2v) is 9.12. The van der Waals surface area contributed by atoms with Crippen molar-refractivity contribution in [3.05, 3.63) is 52.0 Å². The largest absolute Gasteiger partial charge is 0.492 e. The number of sulfonamides is 1. The lowest BCUT2D eigenvalue weighted by atomic mass is 10.1. The molecule has 0 saturated heterocycles. The third-order valence-corrected chi connectivity index (χ3v) is 6.67. The Bertz CT molecular complexity index is 983. The van der Waals surface area contributed by atoms with Crippen LogP contribution in [0.3, 0.4) is 0 Å². The fourth-order valence-corrected chi connectivity index (χ4v) is 4.88. The van der Waals surface area contributed by atoms with Crippen LogP contribution in [0.2, 0.25) is 5.02 Å². The van der Waals surface area contributed by atoms with Gasteiger partial charge in [-0.05, 0) is 57.0 Å². The minimum Gasteiger partial charge on any atom is -0.492 e. The van der Waals surface area contributed by atoms with Gasteiger partial charge in [0.05, 0.1) is 23.1 Å². The van der Waals surface area contributed by atoms with Crippen LogP contribution in [-0.4, -0.2) is 38.3 Å². The number of ether oxygens (including phenoxy) is 1. The van der Waals surface area contributed by atoms with Crippen LogP contribution in [0.1, 0.15) is 30.5 Å². The molecule has 6 nitrogen and oxygen atoms in total. The molecule has 0 aromatic heterocycles. The highest BCUT2D eigenvalue weighted by Crippen LogP contribution is 2.29. The standard InChI is InChI=1S/C21H27ClN2O4S/c1-6-24(13-20(25)23-21-15(4)10-14(3)11-16(21)5)29(26,27)17-8-9-19(28-7-2)18(22)12-17/h8-12H,6-7,13H2,1-5H3,(H,23,25). The Morgan fingerprint density at radius 2 is 1.72 bits per heavy atom. The van der Waals surface area contributed by atoms with Crippen molar-refractivity contribution in [1.82, 2.24) is 4.31 Å². The topological polar surface area (TPSA) is 75.7 Å². The number of hydrogen-bond donors (Lipinski definition) is 1. The maximum Gasteiger partial charge on any atom is 0.243 e. The summed E-state index contributed by atoms with van der Waals surface area (Å²) in [7, 11) is -3.89.